The number of nitrogens with zero attached hydrogens (tertiary/aromatic N) is 1. The van der Waals surface area contributed by atoms with Gasteiger partial charge in [0.15, 0.2) is 0 Å². The van der Waals surface area contributed by atoms with Crippen molar-refractivity contribution in [2.75, 3.05) is 7.11 Å². The van der Waals surface area contributed by atoms with Crippen LogP contribution in [-0.2, 0) is 4.79 Å². The highest BCUT2D eigenvalue weighted by Crippen LogP contribution is 2.28. The van der Waals surface area contributed by atoms with Gasteiger partial charge in [-0.2, -0.15) is 5.10 Å². The van der Waals surface area contributed by atoms with Crippen LogP contribution in [0.15, 0.2) is 77.9 Å². The Bertz CT molecular complexity index is 1080. The van der Waals surface area contributed by atoms with Crippen LogP contribution in [-0.4, -0.2) is 25.1 Å². The minimum Gasteiger partial charge on any atom is -0.495 e. The number of nitrogens with one attached hydrogen (secondary N) is 2. The van der Waals surface area contributed by atoms with Gasteiger partial charge in [0.2, 0.25) is 5.91 Å². The second-order valence-electron chi connectivity index (χ2n) is 6.82. The molecule has 164 valence electrons. The summed E-state index contributed by atoms with van der Waals surface area (Å²) in [6, 6.07) is 21.7. The fourth-order valence-corrected chi connectivity index (χ4v) is 5.28. The summed E-state index contributed by atoms with van der Waals surface area (Å²) in [5, 5.41) is 7.03. The lowest BCUT2D eigenvalue weighted by Gasteiger charge is -2.18. The summed E-state index contributed by atoms with van der Waals surface area (Å²) in [6.45, 7) is 0. The molecular formula is C24H21I2N3O3. The third kappa shape index (κ3) is 6.76. The highest BCUT2D eigenvalue weighted by Gasteiger charge is 2.19. The van der Waals surface area contributed by atoms with Crippen molar-refractivity contribution < 1.29 is 14.3 Å². The van der Waals surface area contributed by atoms with E-state index in [2.05, 4.69) is 61.0 Å². The summed E-state index contributed by atoms with van der Waals surface area (Å²) in [6.07, 6.45) is 1.64. The van der Waals surface area contributed by atoms with Crippen LogP contribution in [0.1, 0.15) is 33.9 Å². The van der Waals surface area contributed by atoms with E-state index in [1.807, 2.05) is 48.5 Å². The topological polar surface area (TPSA) is 79.8 Å². The van der Waals surface area contributed by atoms with Crippen LogP contribution >= 0.6 is 45.2 Å². The maximum absolute atomic E-state index is 12.6. The molecule has 1 atom stereocenters. The van der Waals surface area contributed by atoms with Crippen LogP contribution in [0.2, 0.25) is 0 Å². The number of carbonyl (C=O) groups is 2. The van der Waals surface area contributed by atoms with Gasteiger partial charge in [0, 0.05) is 5.56 Å². The van der Waals surface area contributed by atoms with Crippen LogP contribution in [0, 0.1) is 7.14 Å². The van der Waals surface area contributed by atoms with Gasteiger partial charge in [0.1, 0.15) is 5.75 Å². The minimum absolute atomic E-state index is 0.0532. The SMILES string of the molecule is COc1c(I)cc(/C=N\NC(=O)C[C@@H](NC(=O)c2ccccc2)c2ccccc2)cc1I. The minimum atomic E-state index is -0.484. The predicted octanol–water partition coefficient (Wildman–Crippen LogP) is 4.92. The summed E-state index contributed by atoms with van der Waals surface area (Å²) in [4.78, 5) is 25.2. The second-order valence-corrected chi connectivity index (χ2v) is 9.14. The van der Waals surface area contributed by atoms with Crippen LogP contribution in [0.4, 0.5) is 0 Å². The molecule has 0 aliphatic rings. The Morgan fingerprint density at radius 3 is 2.19 bits per heavy atom. The number of ether oxygens (including phenoxy) is 1. The lowest BCUT2D eigenvalue weighted by molar-refractivity contribution is -0.121. The van der Waals surface area contributed by atoms with E-state index in [1.165, 1.54) is 0 Å². The van der Waals surface area contributed by atoms with Crippen molar-refractivity contribution in [3.05, 3.63) is 96.6 Å². The van der Waals surface area contributed by atoms with E-state index in [0.717, 1.165) is 24.0 Å². The summed E-state index contributed by atoms with van der Waals surface area (Å²) < 4.78 is 7.27. The first kappa shape index (κ1) is 24.2. The molecule has 0 aromatic heterocycles. The molecule has 0 aliphatic carbocycles. The van der Waals surface area contributed by atoms with Crippen LogP contribution in [0.25, 0.3) is 0 Å². The molecule has 0 heterocycles. The number of methoxy groups -OCH3 is 1. The smallest absolute Gasteiger partial charge is 0.251 e. The van der Waals surface area contributed by atoms with Gasteiger partial charge in [0.25, 0.3) is 5.91 Å². The predicted molar refractivity (Wildman–Crippen MR) is 142 cm³/mol. The van der Waals surface area contributed by atoms with Gasteiger partial charge in [-0.15, -0.1) is 0 Å². The van der Waals surface area contributed by atoms with E-state index >= 15 is 0 Å². The standard InChI is InChI=1S/C24H21I2N3O3/c1-32-23-19(25)12-16(13-20(23)26)15-27-29-22(30)14-21(17-8-4-2-5-9-17)28-24(31)18-10-6-3-7-11-18/h2-13,15,21H,14H2,1H3,(H,28,31)(H,29,30)/b27-15-/t21-/m1/s1. The molecule has 0 fully saturated rings. The number of hydrogen-bond donors (Lipinski definition) is 2. The van der Waals surface area contributed by atoms with Crippen LogP contribution in [0.5, 0.6) is 5.75 Å². The van der Waals surface area contributed by atoms with Gasteiger partial charge in [-0.1, -0.05) is 48.5 Å². The highest BCUT2D eigenvalue weighted by atomic mass is 127. The average Bonchev–Trinajstić information content (AvgIpc) is 2.79. The van der Waals surface area contributed by atoms with E-state index in [9.17, 15) is 9.59 Å². The van der Waals surface area contributed by atoms with Gasteiger partial charge in [-0.3, -0.25) is 9.59 Å². The first-order chi connectivity index (χ1) is 15.5. The Hall–Kier alpha value is -2.47. The van der Waals surface area contributed by atoms with Gasteiger partial charge >= 0.3 is 0 Å². The molecule has 0 spiro atoms. The molecule has 3 aromatic rings. The van der Waals surface area contributed by atoms with Crippen molar-refractivity contribution in [1.82, 2.24) is 10.7 Å². The fraction of sp³-hybridized carbons (Fsp3) is 0.125. The Morgan fingerprint density at radius 1 is 1.00 bits per heavy atom. The van der Waals surface area contributed by atoms with Crippen molar-refractivity contribution >= 4 is 63.2 Å². The van der Waals surface area contributed by atoms with E-state index < -0.39 is 6.04 Å². The number of carbonyl (C=O) groups excluding carboxylic acids is 2. The summed E-state index contributed by atoms with van der Waals surface area (Å²) >= 11 is 4.39. The molecule has 3 rings (SSSR count). The van der Waals surface area contributed by atoms with Gasteiger partial charge < -0.3 is 10.1 Å². The molecule has 0 unspecified atom stereocenters. The summed E-state index contributed by atoms with van der Waals surface area (Å²) in [5.41, 5.74) is 4.78. The maximum atomic E-state index is 12.6. The third-order valence-electron chi connectivity index (χ3n) is 4.56. The van der Waals surface area contributed by atoms with Gasteiger partial charge in [-0.25, -0.2) is 5.43 Å². The molecule has 0 radical (unpaired) electrons. The monoisotopic (exact) mass is 653 g/mol. The van der Waals surface area contributed by atoms with E-state index in [4.69, 9.17) is 4.74 Å². The third-order valence-corrected chi connectivity index (χ3v) is 6.16. The zero-order valence-corrected chi connectivity index (χ0v) is 21.5. The van der Waals surface area contributed by atoms with Crippen LogP contribution < -0.4 is 15.5 Å². The summed E-state index contributed by atoms with van der Waals surface area (Å²) in [5.74, 6) is 0.270. The lowest BCUT2D eigenvalue weighted by Crippen LogP contribution is -2.32. The first-order valence-corrected chi connectivity index (χ1v) is 11.9. The van der Waals surface area contributed by atoms with Crippen LogP contribution in [0.3, 0.4) is 0 Å². The molecule has 32 heavy (non-hydrogen) atoms. The molecule has 0 aliphatic heterocycles. The van der Waals surface area contributed by atoms with E-state index in [-0.39, 0.29) is 18.2 Å². The fourth-order valence-electron chi connectivity index (χ4n) is 3.03. The normalized spacial score (nSPS) is 11.7. The molecule has 6 nitrogen and oxygen atoms in total. The molecule has 0 bridgehead atoms. The lowest BCUT2D eigenvalue weighted by atomic mass is 10.0. The quantitative estimate of drug-likeness (QED) is 0.206. The second kappa shape index (κ2) is 12.0. The Morgan fingerprint density at radius 2 is 1.59 bits per heavy atom. The molecular weight excluding hydrogens is 632 g/mol. The molecule has 8 heteroatoms. The number of hydrazone groups is 1. The largest absolute Gasteiger partial charge is 0.495 e. The van der Waals surface area contributed by atoms with Crippen molar-refractivity contribution in [2.24, 2.45) is 5.10 Å². The van der Waals surface area contributed by atoms with Gasteiger partial charge in [0.05, 0.1) is 32.9 Å². The first-order valence-electron chi connectivity index (χ1n) is 9.73. The molecule has 2 N–H and O–H groups in total. The zero-order chi connectivity index (χ0) is 22.9. The Kier molecular flexibility index (Phi) is 9.03. The Balaban J connectivity index is 1.67. The number of rotatable bonds is 8. The molecule has 3 aromatic carbocycles. The van der Waals surface area contributed by atoms with E-state index in [0.29, 0.717) is 5.56 Å². The maximum Gasteiger partial charge on any atom is 0.251 e. The van der Waals surface area contributed by atoms with Crippen molar-refractivity contribution in [1.29, 1.82) is 0 Å². The average molecular weight is 653 g/mol. The Labute approximate surface area is 214 Å². The summed E-state index contributed by atoms with van der Waals surface area (Å²) in [7, 11) is 1.63. The van der Waals surface area contributed by atoms with Crippen molar-refractivity contribution in [3.63, 3.8) is 0 Å². The number of hydrogen-bond acceptors (Lipinski definition) is 4. The molecule has 0 saturated heterocycles. The van der Waals surface area contributed by atoms with Gasteiger partial charge in [-0.05, 0) is 80.6 Å². The van der Waals surface area contributed by atoms with Crippen molar-refractivity contribution in [3.8, 4) is 5.75 Å². The zero-order valence-electron chi connectivity index (χ0n) is 17.2. The van der Waals surface area contributed by atoms with E-state index in [1.54, 1.807) is 37.6 Å². The van der Waals surface area contributed by atoms with Crippen molar-refractivity contribution in [2.45, 2.75) is 12.5 Å². The number of benzene rings is 3. The molecule has 0 saturated carbocycles. The number of halogens is 2. The number of amides is 2. The molecule has 2 amide bonds. The highest BCUT2D eigenvalue weighted by molar-refractivity contribution is 14.1.